The van der Waals surface area contributed by atoms with Gasteiger partial charge in [0.25, 0.3) is 10.0 Å². The number of nitrogens with zero attached hydrogens (tertiary/aromatic N) is 6. The standard InChI is InChI=1S/C29H29N7O2S/c1-34-21-24(20-30-34)39(37,38)33-28-29(32-26-15-9-8-14-25(26)31-28)36-18-16-35(17-19-36)27(22-10-4-2-5-11-22)23-12-6-3-7-13-23/h2-15,20-21,27H,16-19H2,1H3,(H,31,33). The van der Waals surface area contributed by atoms with Crippen molar-refractivity contribution in [2.75, 3.05) is 35.8 Å². The van der Waals surface area contributed by atoms with Crippen LogP contribution in [-0.4, -0.2) is 59.2 Å². The van der Waals surface area contributed by atoms with Crippen LogP contribution in [0.2, 0.25) is 0 Å². The monoisotopic (exact) mass is 539 g/mol. The second-order valence-electron chi connectivity index (χ2n) is 9.59. The number of hydrogen-bond donors (Lipinski definition) is 1. The Morgan fingerprint density at radius 2 is 1.33 bits per heavy atom. The molecule has 0 aliphatic carbocycles. The van der Waals surface area contributed by atoms with Crippen LogP contribution in [-0.2, 0) is 17.1 Å². The van der Waals surface area contributed by atoms with Gasteiger partial charge in [0.05, 0.1) is 23.3 Å². The zero-order chi connectivity index (χ0) is 26.8. The number of piperazine rings is 1. The van der Waals surface area contributed by atoms with Gasteiger partial charge in [-0.05, 0) is 23.3 Å². The summed E-state index contributed by atoms with van der Waals surface area (Å²) in [6.45, 7) is 2.89. The number of anilines is 2. The number of hydrogen-bond acceptors (Lipinski definition) is 7. The summed E-state index contributed by atoms with van der Waals surface area (Å²) in [6.07, 6.45) is 2.78. The van der Waals surface area contributed by atoms with Crippen LogP contribution in [0.3, 0.4) is 0 Å². The normalized spacial score (nSPS) is 14.7. The maximum atomic E-state index is 13.2. The molecule has 39 heavy (non-hydrogen) atoms. The first kappa shape index (κ1) is 25.0. The van der Waals surface area contributed by atoms with E-state index in [-0.39, 0.29) is 16.8 Å². The number of nitrogens with one attached hydrogen (secondary N) is 1. The first-order chi connectivity index (χ1) is 19.0. The summed E-state index contributed by atoms with van der Waals surface area (Å²) in [5.41, 5.74) is 3.82. The van der Waals surface area contributed by atoms with Crippen molar-refractivity contribution in [1.82, 2.24) is 24.6 Å². The highest BCUT2D eigenvalue weighted by Gasteiger charge is 2.29. The summed E-state index contributed by atoms with van der Waals surface area (Å²) in [4.78, 5) is 14.2. The lowest BCUT2D eigenvalue weighted by molar-refractivity contribution is 0.212. The molecule has 198 valence electrons. The maximum absolute atomic E-state index is 13.2. The molecule has 0 amide bonds. The van der Waals surface area contributed by atoms with Crippen molar-refractivity contribution in [3.8, 4) is 0 Å². The Hall–Kier alpha value is -4.28. The van der Waals surface area contributed by atoms with E-state index < -0.39 is 10.0 Å². The van der Waals surface area contributed by atoms with E-state index in [0.29, 0.717) is 29.9 Å². The molecule has 0 spiro atoms. The second-order valence-corrected chi connectivity index (χ2v) is 11.3. The predicted octanol–water partition coefficient (Wildman–Crippen LogP) is 4.08. The predicted molar refractivity (Wildman–Crippen MR) is 152 cm³/mol. The van der Waals surface area contributed by atoms with E-state index in [1.807, 2.05) is 36.4 Å². The summed E-state index contributed by atoms with van der Waals surface area (Å²) >= 11 is 0. The van der Waals surface area contributed by atoms with Crippen molar-refractivity contribution in [3.63, 3.8) is 0 Å². The summed E-state index contributed by atoms with van der Waals surface area (Å²) in [7, 11) is -2.21. The Morgan fingerprint density at radius 3 is 1.90 bits per heavy atom. The smallest absolute Gasteiger partial charge is 0.266 e. The van der Waals surface area contributed by atoms with Gasteiger partial charge in [0, 0.05) is 39.4 Å². The lowest BCUT2D eigenvalue weighted by atomic mass is 9.96. The first-order valence-corrected chi connectivity index (χ1v) is 14.3. The number of fused-ring (bicyclic) bond motifs is 1. The maximum Gasteiger partial charge on any atom is 0.266 e. The summed E-state index contributed by atoms with van der Waals surface area (Å²) in [6, 6.07) is 28.7. The van der Waals surface area contributed by atoms with Crippen LogP contribution >= 0.6 is 0 Å². The van der Waals surface area contributed by atoms with Crippen LogP contribution in [0.25, 0.3) is 11.0 Å². The zero-order valence-electron chi connectivity index (χ0n) is 21.6. The highest BCUT2D eigenvalue weighted by Crippen LogP contribution is 2.32. The molecular formula is C29H29N7O2S. The highest BCUT2D eigenvalue weighted by atomic mass is 32.2. The molecule has 0 unspecified atom stereocenters. The van der Waals surface area contributed by atoms with Crippen molar-refractivity contribution in [1.29, 1.82) is 0 Å². The van der Waals surface area contributed by atoms with Gasteiger partial charge in [0.1, 0.15) is 4.90 Å². The molecule has 9 nitrogen and oxygen atoms in total. The Balaban J connectivity index is 1.30. The van der Waals surface area contributed by atoms with Gasteiger partial charge in [-0.25, -0.2) is 18.4 Å². The minimum atomic E-state index is -3.89. The third kappa shape index (κ3) is 5.21. The second kappa shape index (κ2) is 10.5. The lowest BCUT2D eigenvalue weighted by Gasteiger charge is -2.40. The van der Waals surface area contributed by atoms with Gasteiger partial charge >= 0.3 is 0 Å². The molecule has 1 fully saturated rings. The first-order valence-electron chi connectivity index (χ1n) is 12.8. The molecule has 5 aromatic rings. The molecule has 1 N–H and O–H groups in total. The average Bonchev–Trinajstić information content (AvgIpc) is 3.42. The molecule has 3 aromatic carbocycles. The van der Waals surface area contributed by atoms with E-state index >= 15 is 0 Å². The quantitative estimate of drug-likeness (QED) is 0.333. The van der Waals surface area contributed by atoms with Crippen LogP contribution in [0.1, 0.15) is 17.2 Å². The molecule has 1 aliphatic heterocycles. The van der Waals surface area contributed by atoms with Gasteiger partial charge in [-0.2, -0.15) is 5.10 Å². The largest absolute Gasteiger partial charge is 0.351 e. The fourth-order valence-corrected chi connectivity index (χ4v) is 6.07. The van der Waals surface area contributed by atoms with Crippen molar-refractivity contribution < 1.29 is 8.42 Å². The number of rotatable bonds is 7. The summed E-state index contributed by atoms with van der Waals surface area (Å²) in [5.74, 6) is 0.741. The molecule has 0 bridgehead atoms. The fourth-order valence-electron chi connectivity index (χ4n) is 5.08. The van der Waals surface area contributed by atoms with E-state index in [1.54, 1.807) is 7.05 Å². The van der Waals surface area contributed by atoms with Crippen molar-refractivity contribution in [3.05, 3.63) is 108 Å². The molecule has 0 atom stereocenters. The molecule has 1 aliphatic rings. The van der Waals surface area contributed by atoms with E-state index in [9.17, 15) is 8.42 Å². The Kier molecular flexibility index (Phi) is 6.72. The van der Waals surface area contributed by atoms with Gasteiger partial charge < -0.3 is 4.90 Å². The van der Waals surface area contributed by atoms with Crippen molar-refractivity contribution >= 4 is 32.7 Å². The minimum absolute atomic E-state index is 0.0734. The average molecular weight is 540 g/mol. The van der Waals surface area contributed by atoms with E-state index in [2.05, 4.69) is 73.1 Å². The molecule has 0 saturated carbocycles. The molecular weight excluding hydrogens is 510 g/mol. The molecule has 10 heteroatoms. The highest BCUT2D eigenvalue weighted by molar-refractivity contribution is 7.92. The van der Waals surface area contributed by atoms with Crippen LogP contribution in [0.5, 0.6) is 0 Å². The van der Waals surface area contributed by atoms with E-state index in [1.165, 1.54) is 28.2 Å². The summed E-state index contributed by atoms with van der Waals surface area (Å²) < 4.78 is 30.5. The van der Waals surface area contributed by atoms with Crippen LogP contribution < -0.4 is 9.62 Å². The Bertz CT molecular complexity index is 1640. The van der Waals surface area contributed by atoms with E-state index in [4.69, 9.17) is 4.98 Å². The Morgan fingerprint density at radius 1 is 0.769 bits per heavy atom. The number of sulfonamides is 1. The van der Waals surface area contributed by atoms with E-state index in [0.717, 1.165) is 13.1 Å². The SMILES string of the molecule is Cn1cc(S(=O)(=O)Nc2nc3ccccc3nc2N2CCN(C(c3ccccc3)c3ccccc3)CC2)cn1. The third-order valence-electron chi connectivity index (χ3n) is 6.98. The van der Waals surface area contributed by atoms with Crippen LogP contribution in [0.15, 0.2) is 102 Å². The number of benzene rings is 3. The van der Waals surface area contributed by atoms with Gasteiger partial charge in [-0.1, -0.05) is 72.8 Å². The van der Waals surface area contributed by atoms with Crippen molar-refractivity contribution in [2.24, 2.45) is 7.05 Å². The molecule has 0 radical (unpaired) electrons. The van der Waals surface area contributed by atoms with Crippen molar-refractivity contribution in [2.45, 2.75) is 10.9 Å². The third-order valence-corrected chi connectivity index (χ3v) is 8.28. The number of para-hydroxylation sites is 2. The van der Waals surface area contributed by atoms with Gasteiger partial charge in [0.15, 0.2) is 11.6 Å². The lowest BCUT2D eigenvalue weighted by Crippen LogP contribution is -2.48. The molecule has 1 saturated heterocycles. The van der Waals surface area contributed by atoms with Gasteiger partial charge in [0.2, 0.25) is 0 Å². The zero-order valence-corrected chi connectivity index (χ0v) is 22.4. The topological polar surface area (TPSA) is 96.2 Å². The molecule has 6 rings (SSSR count). The Labute approximate surface area is 227 Å². The van der Waals surface area contributed by atoms with Crippen LogP contribution in [0.4, 0.5) is 11.6 Å². The molecule has 2 aromatic heterocycles. The van der Waals surface area contributed by atoms with Gasteiger partial charge in [-0.15, -0.1) is 0 Å². The molecule has 3 heterocycles. The number of aryl methyl sites for hydroxylation is 1. The summed E-state index contributed by atoms with van der Waals surface area (Å²) in [5, 5.41) is 4.01. The minimum Gasteiger partial charge on any atom is -0.351 e. The van der Waals surface area contributed by atoms with Gasteiger partial charge in [-0.3, -0.25) is 14.3 Å². The van der Waals surface area contributed by atoms with Crippen LogP contribution in [0, 0.1) is 0 Å². The number of aromatic nitrogens is 4. The fraction of sp³-hybridized carbons (Fsp3) is 0.207.